The van der Waals surface area contributed by atoms with Gasteiger partial charge in [-0.05, 0) is 31.2 Å². The van der Waals surface area contributed by atoms with Gasteiger partial charge in [0.25, 0.3) is 0 Å². The second kappa shape index (κ2) is 15.2. The van der Waals surface area contributed by atoms with Crippen molar-refractivity contribution >= 4 is 18.1 Å². The Morgan fingerprint density at radius 2 is 1.79 bits per heavy atom. The highest BCUT2D eigenvalue weighted by atomic mass is 16.6. The minimum Gasteiger partial charge on any atom is -0.450 e. The average Bonchev–Trinajstić information content (AvgIpc) is 2.99. The summed E-state index contributed by atoms with van der Waals surface area (Å²) in [4.78, 5) is 39.0. The monoisotopic (exact) mass is 476 g/mol. The number of nitrogens with zero attached hydrogens (tertiary/aromatic N) is 1. The molecule has 3 N–H and O–H groups in total. The maximum Gasteiger partial charge on any atom is 0.407 e. The first-order valence-electron chi connectivity index (χ1n) is 12.4. The summed E-state index contributed by atoms with van der Waals surface area (Å²) >= 11 is 0. The highest BCUT2D eigenvalue weighted by Crippen LogP contribution is 2.16. The zero-order valence-electron chi connectivity index (χ0n) is 20.7. The Hall–Kier alpha value is -2.81. The molecule has 0 radical (unpaired) electrons. The molecule has 0 saturated carbocycles. The summed E-state index contributed by atoms with van der Waals surface area (Å²) < 4.78 is 10.2. The lowest BCUT2D eigenvalue weighted by molar-refractivity contribution is -0.133. The van der Waals surface area contributed by atoms with Crippen molar-refractivity contribution in [1.82, 2.24) is 20.9 Å². The van der Waals surface area contributed by atoms with Gasteiger partial charge in [-0.2, -0.15) is 0 Å². The molecular formula is C25H40N4O5. The molecular weight excluding hydrogens is 436 g/mol. The summed E-state index contributed by atoms with van der Waals surface area (Å²) in [6.07, 6.45) is 2.20. The van der Waals surface area contributed by atoms with Crippen LogP contribution >= 0.6 is 0 Å². The molecule has 1 saturated heterocycles. The van der Waals surface area contributed by atoms with Crippen LogP contribution in [0.25, 0.3) is 0 Å². The van der Waals surface area contributed by atoms with Gasteiger partial charge in [0.15, 0.2) is 0 Å². The number of amides is 3. The topological polar surface area (TPSA) is 109 Å². The Morgan fingerprint density at radius 1 is 1.09 bits per heavy atom. The zero-order chi connectivity index (χ0) is 24.8. The normalized spacial score (nSPS) is 18.4. The van der Waals surface area contributed by atoms with Crippen molar-refractivity contribution in [3.05, 3.63) is 35.9 Å². The van der Waals surface area contributed by atoms with Crippen LogP contribution in [0.1, 0.15) is 52.0 Å². The van der Waals surface area contributed by atoms with Gasteiger partial charge in [-0.15, -0.1) is 0 Å². The second-order valence-corrected chi connectivity index (χ2v) is 8.55. The maximum absolute atomic E-state index is 13.3. The number of carbonyl (C=O) groups is 3. The predicted molar refractivity (Wildman–Crippen MR) is 130 cm³/mol. The SMILES string of the molecule is CCOC(=O)NCC[C@@H]1N[C@H](CNC(=O)OCc2ccccc2)CCN(CC(CC)CC)C1=O. The lowest BCUT2D eigenvalue weighted by Crippen LogP contribution is -2.50. The molecule has 0 aromatic heterocycles. The van der Waals surface area contributed by atoms with Crippen LogP contribution in [0.5, 0.6) is 0 Å². The van der Waals surface area contributed by atoms with Gasteiger partial charge >= 0.3 is 12.2 Å². The third kappa shape index (κ3) is 9.59. The van der Waals surface area contributed by atoms with Crippen LogP contribution in [0.15, 0.2) is 30.3 Å². The Balaban J connectivity index is 1.92. The Kier molecular flexibility index (Phi) is 12.2. The van der Waals surface area contributed by atoms with E-state index >= 15 is 0 Å². The second-order valence-electron chi connectivity index (χ2n) is 8.55. The van der Waals surface area contributed by atoms with E-state index < -0.39 is 18.2 Å². The summed E-state index contributed by atoms with van der Waals surface area (Å²) in [6, 6.07) is 8.96. The molecule has 0 aliphatic carbocycles. The number of hydrogen-bond donors (Lipinski definition) is 3. The standard InChI is InChI=1S/C25H40N4O5/c1-4-19(5-2)17-29-15-13-21(16-27-25(32)34-18-20-10-8-7-9-11-20)28-22(23(29)30)12-14-26-24(31)33-6-3/h7-11,19,21-22,28H,4-6,12-18H2,1-3H3,(H,26,31)(H,27,32)/t21-,22-/m0/s1. The molecule has 1 aromatic rings. The van der Waals surface area contributed by atoms with Crippen LogP contribution in [0.2, 0.25) is 0 Å². The molecule has 9 heteroatoms. The minimum absolute atomic E-state index is 0.0340. The minimum atomic E-state index is -0.490. The summed E-state index contributed by atoms with van der Waals surface area (Å²) in [6.45, 7) is 8.53. The first-order chi connectivity index (χ1) is 16.5. The fraction of sp³-hybridized carbons (Fsp3) is 0.640. The Morgan fingerprint density at radius 3 is 2.47 bits per heavy atom. The van der Waals surface area contributed by atoms with Crippen LogP contribution in [0.3, 0.4) is 0 Å². The lowest BCUT2D eigenvalue weighted by atomic mass is 10.0. The predicted octanol–water partition coefficient (Wildman–Crippen LogP) is 3.04. The van der Waals surface area contributed by atoms with Crippen molar-refractivity contribution in [1.29, 1.82) is 0 Å². The molecule has 34 heavy (non-hydrogen) atoms. The Bertz CT molecular complexity index is 757. The van der Waals surface area contributed by atoms with Crippen LogP contribution in [-0.4, -0.2) is 67.9 Å². The van der Waals surface area contributed by atoms with E-state index in [1.165, 1.54) is 0 Å². The summed E-state index contributed by atoms with van der Waals surface area (Å²) in [7, 11) is 0. The van der Waals surface area contributed by atoms with Crippen LogP contribution in [-0.2, 0) is 20.9 Å². The molecule has 2 rings (SSSR count). The highest BCUT2D eigenvalue weighted by molar-refractivity contribution is 5.82. The van der Waals surface area contributed by atoms with E-state index in [0.29, 0.717) is 51.5 Å². The van der Waals surface area contributed by atoms with E-state index in [0.717, 1.165) is 18.4 Å². The van der Waals surface area contributed by atoms with Crippen molar-refractivity contribution < 1.29 is 23.9 Å². The quantitative estimate of drug-likeness (QED) is 0.428. The smallest absolute Gasteiger partial charge is 0.407 e. The van der Waals surface area contributed by atoms with Gasteiger partial charge in [0.2, 0.25) is 5.91 Å². The summed E-state index contributed by atoms with van der Waals surface area (Å²) in [5, 5.41) is 8.88. The summed E-state index contributed by atoms with van der Waals surface area (Å²) in [5.41, 5.74) is 0.919. The van der Waals surface area contributed by atoms with Crippen LogP contribution in [0.4, 0.5) is 9.59 Å². The van der Waals surface area contributed by atoms with Gasteiger partial charge in [0.1, 0.15) is 6.61 Å². The zero-order valence-corrected chi connectivity index (χ0v) is 20.7. The number of carbonyl (C=O) groups excluding carboxylic acids is 3. The van der Waals surface area contributed by atoms with E-state index in [4.69, 9.17) is 9.47 Å². The number of benzene rings is 1. The molecule has 1 heterocycles. The van der Waals surface area contributed by atoms with E-state index in [9.17, 15) is 14.4 Å². The third-order valence-electron chi connectivity index (χ3n) is 6.11. The first-order valence-corrected chi connectivity index (χ1v) is 12.4. The lowest BCUT2D eigenvalue weighted by Gasteiger charge is -2.28. The van der Waals surface area contributed by atoms with Crippen molar-refractivity contribution in [2.75, 3.05) is 32.8 Å². The van der Waals surface area contributed by atoms with E-state index in [-0.39, 0.29) is 18.6 Å². The number of hydrogen-bond acceptors (Lipinski definition) is 6. The van der Waals surface area contributed by atoms with Crippen molar-refractivity contribution in [3.63, 3.8) is 0 Å². The van der Waals surface area contributed by atoms with Gasteiger partial charge in [-0.25, -0.2) is 9.59 Å². The Labute approximate surface area is 202 Å². The molecule has 0 unspecified atom stereocenters. The summed E-state index contributed by atoms with van der Waals surface area (Å²) in [5.74, 6) is 0.483. The molecule has 1 aromatic carbocycles. The fourth-order valence-electron chi connectivity index (χ4n) is 3.97. The van der Waals surface area contributed by atoms with Crippen molar-refractivity contribution in [2.45, 2.75) is 65.1 Å². The number of nitrogens with one attached hydrogen (secondary N) is 3. The third-order valence-corrected chi connectivity index (χ3v) is 6.11. The van der Waals surface area contributed by atoms with Gasteiger partial charge in [-0.3, -0.25) is 4.79 Å². The van der Waals surface area contributed by atoms with Gasteiger partial charge in [-0.1, -0.05) is 57.0 Å². The van der Waals surface area contributed by atoms with Crippen LogP contribution < -0.4 is 16.0 Å². The highest BCUT2D eigenvalue weighted by Gasteiger charge is 2.31. The molecule has 9 nitrogen and oxygen atoms in total. The van der Waals surface area contributed by atoms with Crippen LogP contribution in [0, 0.1) is 5.92 Å². The van der Waals surface area contributed by atoms with Gasteiger partial charge < -0.3 is 30.3 Å². The van der Waals surface area contributed by atoms with Crippen molar-refractivity contribution in [3.8, 4) is 0 Å². The molecule has 1 aliphatic heterocycles. The van der Waals surface area contributed by atoms with Gasteiger partial charge in [0, 0.05) is 32.2 Å². The molecule has 190 valence electrons. The van der Waals surface area contributed by atoms with Crippen molar-refractivity contribution in [2.24, 2.45) is 5.92 Å². The number of alkyl carbamates (subject to hydrolysis) is 2. The molecule has 1 fully saturated rings. The maximum atomic E-state index is 13.3. The molecule has 3 amide bonds. The molecule has 0 spiro atoms. The largest absolute Gasteiger partial charge is 0.450 e. The average molecular weight is 477 g/mol. The number of rotatable bonds is 12. The number of ether oxygens (including phenoxy) is 2. The molecule has 0 bridgehead atoms. The fourth-order valence-corrected chi connectivity index (χ4v) is 3.97. The van der Waals surface area contributed by atoms with Gasteiger partial charge in [0.05, 0.1) is 12.6 Å². The molecule has 1 aliphatic rings. The molecule has 2 atom stereocenters. The first kappa shape index (κ1) is 27.4. The van der Waals surface area contributed by atoms with E-state index in [1.807, 2.05) is 35.2 Å². The van der Waals surface area contributed by atoms with E-state index in [2.05, 4.69) is 29.8 Å². The van der Waals surface area contributed by atoms with E-state index in [1.54, 1.807) is 6.92 Å².